The number of nitro benzene ring substituents is 1. The van der Waals surface area contributed by atoms with E-state index in [0.717, 1.165) is 4.70 Å². The zero-order chi connectivity index (χ0) is 14.8. The summed E-state index contributed by atoms with van der Waals surface area (Å²) >= 11 is 1.53. The van der Waals surface area contributed by atoms with Crippen molar-refractivity contribution in [1.82, 2.24) is 4.57 Å². The lowest BCUT2D eigenvalue weighted by molar-refractivity contribution is -0.385. The number of fused-ring (bicyclic) bond motifs is 1. The van der Waals surface area contributed by atoms with E-state index in [9.17, 15) is 14.9 Å². The normalized spacial score (nSPS) is 10.9. The number of hydrogen-bond acceptors (Lipinski definition) is 4. The fourth-order valence-corrected chi connectivity index (χ4v) is 3.10. The van der Waals surface area contributed by atoms with Gasteiger partial charge in [0.05, 0.1) is 10.3 Å². The fraction of sp³-hybridized carbons (Fsp3) is 0.133. The average Bonchev–Trinajstić information content (AvgIpc) is 2.96. The molecule has 0 amide bonds. The number of hydrogen-bond donors (Lipinski definition) is 0. The second-order valence-electron chi connectivity index (χ2n) is 4.65. The van der Waals surface area contributed by atoms with E-state index in [1.807, 2.05) is 17.5 Å². The van der Waals surface area contributed by atoms with E-state index >= 15 is 0 Å². The predicted octanol–water partition coefficient (Wildman–Crippen LogP) is 3.21. The van der Waals surface area contributed by atoms with Crippen LogP contribution < -0.4 is 5.56 Å². The molecule has 2 aromatic heterocycles. The standard InChI is InChI=1S/C15H12N2O3S/c18-15-12-7-10-21-14(12)6-9-16(15)8-5-11-3-1-2-4-13(11)17(19)20/h1-4,6-7,9-10H,5,8H2. The average molecular weight is 300 g/mol. The summed E-state index contributed by atoms with van der Waals surface area (Å²) in [6.45, 7) is 0.426. The Bertz CT molecular complexity index is 866. The zero-order valence-electron chi connectivity index (χ0n) is 11.1. The highest BCUT2D eigenvalue weighted by molar-refractivity contribution is 7.17. The summed E-state index contributed by atoms with van der Waals surface area (Å²) in [5.74, 6) is 0. The number of nitro groups is 1. The molecule has 0 saturated heterocycles. The molecule has 0 N–H and O–H groups in total. The third kappa shape index (κ3) is 2.57. The highest BCUT2D eigenvalue weighted by atomic mass is 32.1. The van der Waals surface area contributed by atoms with Crippen LogP contribution in [-0.4, -0.2) is 9.49 Å². The van der Waals surface area contributed by atoms with E-state index < -0.39 is 0 Å². The summed E-state index contributed by atoms with van der Waals surface area (Å²) in [5, 5.41) is 13.6. The third-order valence-corrected chi connectivity index (χ3v) is 4.28. The number of pyridine rings is 1. The number of para-hydroxylation sites is 1. The van der Waals surface area contributed by atoms with Gasteiger partial charge in [-0.1, -0.05) is 18.2 Å². The van der Waals surface area contributed by atoms with Gasteiger partial charge in [-0.05, 0) is 23.9 Å². The number of rotatable bonds is 4. The molecule has 2 heterocycles. The third-order valence-electron chi connectivity index (χ3n) is 3.40. The Morgan fingerprint density at radius 3 is 2.81 bits per heavy atom. The van der Waals surface area contributed by atoms with Gasteiger partial charge in [0.25, 0.3) is 11.2 Å². The number of thiophene rings is 1. The van der Waals surface area contributed by atoms with Crippen molar-refractivity contribution in [3.63, 3.8) is 0 Å². The molecule has 0 bridgehead atoms. The predicted molar refractivity (Wildman–Crippen MR) is 82.9 cm³/mol. The molecular formula is C15H12N2O3S. The Labute approximate surface area is 124 Å². The molecule has 0 unspecified atom stereocenters. The van der Waals surface area contributed by atoms with Gasteiger partial charge in [-0.25, -0.2) is 0 Å². The first kappa shape index (κ1) is 13.5. The van der Waals surface area contributed by atoms with E-state index in [1.165, 1.54) is 17.4 Å². The van der Waals surface area contributed by atoms with Crippen LogP contribution in [0.15, 0.2) is 52.8 Å². The first-order valence-electron chi connectivity index (χ1n) is 6.46. The molecule has 0 aliphatic heterocycles. The first-order chi connectivity index (χ1) is 10.2. The van der Waals surface area contributed by atoms with Crippen LogP contribution in [0.25, 0.3) is 10.1 Å². The van der Waals surface area contributed by atoms with Gasteiger partial charge < -0.3 is 4.57 Å². The largest absolute Gasteiger partial charge is 0.315 e. The van der Waals surface area contributed by atoms with E-state index in [4.69, 9.17) is 0 Å². The molecule has 0 radical (unpaired) electrons. The first-order valence-corrected chi connectivity index (χ1v) is 7.34. The Morgan fingerprint density at radius 2 is 2.00 bits per heavy atom. The van der Waals surface area contributed by atoms with Crippen molar-refractivity contribution in [1.29, 1.82) is 0 Å². The van der Waals surface area contributed by atoms with E-state index in [-0.39, 0.29) is 16.2 Å². The van der Waals surface area contributed by atoms with Crippen molar-refractivity contribution in [2.24, 2.45) is 0 Å². The molecule has 106 valence electrons. The van der Waals surface area contributed by atoms with Gasteiger partial charge in [-0.2, -0.15) is 0 Å². The van der Waals surface area contributed by atoms with Crippen LogP contribution in [0, 0.1) is 10.1 Å². The van der Waals surface area contributed by atoms with Crippen LogP contribution in [0.1, 0.15) is 5.56 Å². The van der Waals surface area contributed by atoms with Crippen molar-refractivity contribution < 1.29 is 4.92 Å². The number of aromatic nitrogens is 1. The smallest absolute Gasteiger partial charge is 0.272 e. The Balaban J connectivity index is 1.89. The van der Waals surface area contributed by atoms with Gasteiger partial charge >= 0.3 is 0 Å². The van der Waals surface area contributed by atoms with Crippen molar-refractivity contribution in [3.8, 4) is 0 Å². The van der Waals surface area contributed by atoms with Crippen LogP contribution in [0.2, 0.25) is 0 Å². The molecule has 3 rings (SSSR count). The van der Waals surface area contributed by atoms with Crippen LogP contribution in [0.4, 0.5) is 5.69 Å². The van der Waals surface area contributed by atoms with Crippen molar-refractivity contribution in [2.75, 3.05) is 0 Å². The summed E-state index contributed by atoms with van der Waals surface area (Å²) < 4.78 is 2.56. The lowest BCUT2D eigenvalue weighted by Crippen LogP contribution is -2.20. The molecule has 0 atom stereocenters. The van der Waals surface area contributed by atoms with E-state index in [1.54, 1.807) is 29.0 Å². The van der Waals surface area contributed by atoms with Crippen LogP contribution in [0.3, 0.4) is 0 Å². The lowest BCUT2D eigenvalue weighted by atomic mass is 10.1. The molecule has 3 aromatic rings. The van der Waals surface area contributed by atoms with Gasteiger partial charge in [-0.15, -0.1) is 11.3 Å². The number of nitrogens with zero attached hydrogens (tertiary/aromatic N) is 2. The van der Waals surface area contributed by atoms with Crippen LogP contribution in [0.5, 0.6) is 0 Å². The van der Waals surface area contributed by atoms with Gasteiger partial charge in [0.2, 0.25) is 0 Å². The number of benzene rings is 1. The van der Waals surface area contributed by atoms with Crippen molar-refractivity contribution >= 4 is 27.1 Å². The molecule has 6 heteroatoms. The highest BCUT2D eigenvalue weighted by Gasteiger charge is 2.12. The van der Waals surface area contributed by atoms with E-state index in [2.05, 4.69) is 0 Å². The second kappa shape index (κ2) is 5.49. The Morgan fingerprint density at radius 1 is 1.19 bits per heavy atom. The van der Waals surface area contributed by atoms with Crippen LogP contribution in [-0.2, 0) is 13.0 Å². The monoisotopic (exact) mass is 300 g/mol. The van der Waals surface area contributed by atoms with Gasteiger partial charge in [0.1, 0.15) is 0 Å². The highest BCUT2D eigenvalue weighted by Crippen LogP contribution is 2.19. The topological polar surface area (TPSA) is 65.1 Å². The van der Waals surface area contributed by atoms with E-state index in [0.29, 0.717) is 23.9 Å². The SMILES string of the molecule is O=c1c2ccsc2ccn1CCc1ccccc1[N+](=O)[O-]. The molecule has 1 aromatic carbocycles. The molecule has 21 heavy (non-hydrogen) atoms. The maximum absolute atomic E-state index is 12.3. The fourth-order valence-electron chi connectivity index (χ4n) is 2.32. The molecular weight excluding hydrogens is 288 g/mol. The molecule has 0 saturated carbocycles. The van der Waals surface area contributed by atoms with Crippen molar-refractivity contribution in [3.05, 3.63) is 74.0 Å². The Kier molecular flexibility index (Phi) is 3.53. The zero-order valence-corrected chi connectivity index (χ0v) is 11.9. The summed E-state index contributed by atoms with van der Waals surface area (Å²) in [5.41, 5.74) is 0.689. The summed E-state index contributed by atoms with van der Waals surface area (Å²) in [4.78, 5) is 22.9. The van der Waals surface area contributed by atoms with Gasteiger partial charge in [0, 0.05) is 29.1 Å². The molecule has 0 spiro atoms. The maximum atomic E-state index is 12.3. The quantitative estimate of drug-likeness (QED) is 0.549. The maximum Gasteiger partial charge on any atom is 0.272 e. The number of aryl methyl sites for hydroxylation is 2. The van der Waals surface area contributed by atoms with Gasteiger partial charge in [0.15, 0.2) is 0 Å². The van der Waals surface area contributed by atoms with Gasteiger partial charge in [-0.3, -0.25) is 14.9 Å². The minimum Gasteiger partial charge on any atom is -0.315 e. The minimum atomic E-state index is -0.389. The summed E-state index contributed by atoms with van der Waals surface area (Å²) in [7, 11) is 0. The Hall–Kier alpha value is -2.47. The lowest BCUT2D eigenvalue weighted by Gasteiger charge is -2.06. The van der Waals surface area contributed by atoms with Crippen LogP contribution >= 0.6 is 11.3 Å². The van der Waals surface area contributed by atoms with Crippen molar-refractivity contribution in [2.45, 2.75) is 13.0 Å². The molecule has 0 aliphatic rings. The minimum absolute atomic E-state index is 0.0488. The summed E-state index contributed by atoms with van der Waals surface area (Å²) in [6, 6.07) is 10.3. The second-order valence-corrected chi connectivity index (χ2v) is 5.60. The molecule has 0 fully saturated rings. The summed E-state index contributed by atoms with van der Waals surface area (Å²) in [6.07, 6.45) is 2.20. The molecule has 5 nitrogen and oxygen atoms in total. The molecule has 0 aliphatic carbocycles.